The number of alkyl halides is 3. The lowest BCUT2D eigenvalue weighted by Crippen LogP contribution is -2.18. The summed E-state index contributed by atoms with van der Waals surface area (Å²) in [5.74, 6) is 0.373. The second-order valence-electron chi connectivity index (χ2n) is 4.12. The molecule has 1 aromatic carbocycles. The van der Waals surface area contributed by atoms with Crippen molar-refractivity contribution >= 4 is 26.7 Å². The van der Waals surface area contributed by atoms with E-state index >= 15 is 0 Å². The zero-order valence-electron chi connectivity index (χ0n) is 10.8. The first-order valence-corrected chi connectivity index (χ1v) is 8.35. The highest BCUT2D eigenvalue weighted by Crippen LogP contribution is 2.30. The molecule has 0 heterocycles. The van der Waals surface area contributed by atoms with Crippen molar-refractivity contribution in [3.05, 3.63) is 28.2 Å². The predicted octanol–water partition coefficient (Wildman–Crippen LogP) is 3.21. The van der Waals surface area contributed by atoms with Gasteiger partial charge in [0.05, 0.1) is 4.47 Å². The smallest absolute Gasteiger partial charge is 0.405 e. The molecule has 0 aliphatic heterocycles. The molecule has 1 N–H and O–H groups in total. The highest BCUT2D eigenvalue weighted by atomic mass is 79.9. The van der Waals surface area contributed by atoms with Crippen molar-refractivity contribution in [2.75, 3.05) is 18.6 Å². The first kappa shape index (κ1) is 17.5. The van der Waals surface area contributed by atoms with Gasteiger partial charge in [0.25, 0.3) is 0 Å². The van der Waals surface area contributed by atoms with E-state index in [1.54, 1.807) is 18.4 Å². The summed E-state index contributed by atoms with van der Waals surface area (Å²) in [4.78, 5) is 0. The summed E-state index contributed by atoms with van der Waals surface area (Å²) in [6.45, 7) is 1.24. The molecular weight excluding hydrogens is 359 g/mol. The predicted molar refractivity (Wildman–Crippen MR) is 76.1 cm³/mol. The number of rotatable bonds is 7. The van der Waals surface area contributed by atoms with Crippen molar-refractivity contribution in [3.8, 4) is 5.75 Å². The van der Waals surface area contributed by atoms with Gasteiger partial charge < -0.3 is 10.1 Å². The molecule has 0 aromatic heterocycles. The van der Waals surface area contributed by atoms with E-state index in [0.29, 0.717) is 18.8 Å². The number of hydrogen-bond acceptors (Lipinski definition) is 3. The quantitative estimate of drug-likeness (QED) is 0.745. The molecule has 0 bridgehead atoms. The molecule has 1 rings (SSSR count). The molecule has 1 aromatic rings. The zero-order valence-corrected chi connectivity index (χ0v) is 13.2. The lowest BCUT2D eigenvalue weighted by molar-refractivity contribution is -0.274. The molecule has 0 saturated carbocycles. The maximum absolute atomic E-state index is 12.1. The van der Waals surface area contributed by atoms with Crippen molar-refractivity contribution < 1.29 is 22.1 Å². The van der Waals surface area contributed by atoms with E-state index in [1.165, 1.54) is 6.07 Å². The Morgan fingerprint density at radius 1 is 1.40 bits per heavy atom. The fourth-order valence-electron chi connectivity index (χ4n) is 1.49. The molecule has 0 fully saturated rings. The van der Waals surface area contributed by atoms with Crippen molar-refractivity contribution in [2.24, 2.45) is 0 Å². The third kappa shape index (κ3) is 7.25. The maximum Gasteiger partial charge on any atom is 0.573 e. The van der Waals surface area contributed by atoms with Gasteiger partial charge in [-0.2, -0.15) is 0 Å². The second-order valence-corrected chi connectivity index (χ2v) is 6.53. The topological polar surface area (TPSA) is 38.3 Å². The summed E-state index contributed by atoms with van der Waals surface area (Å²) in [5.41, 5.74) is 0.837. The van der Waals surface area contributed by atoms with Gasteiger partial charge in [-0.15, -0.1) is 13.2 Å². The van der Waals surface area contributed by atoms with Gasteiger partial charge in [-0.1, -0.05) is 6.07 Å². The molecular formula is C12H15BrF3NO2S. The van der Waals surface area contributed by atoms with Gasteiger partial charge in [0.1, 0.15) is 5.75 Å². The van der Waals surface area contributed by atoms with Crippen molar-refractivity contribution in [3.63, 3.8) is 0 Å². The zero-order chi connectivity index (χ0) is 15.2. The minimum Gasteiger partial charge on any atom is -0.405 e. The number of benzene rings is 1. The summed E-state index contributed by atoms with van der Waals surface area (Å²) >= 11 is 3.05. The van der Waals surface area contributed by atoms with E-state index in [-0.39, 0.29) is 10.2 Å². The Morgan fingerprint density at radius 3 is 2.65 bits per heavy atom. The number of hydrogen-bond donors (Lipinski definition) is 1. The molecule has 3 nitrogen and oxygen atoms in total. The third-order valence-electron chi connectivity index (χ3n) is 2.34. The van der Waals surface area contributed by atoms with Crippen LogP contribution in [0.2, 0.25) is 0 Å². The summed E-state index contributed by atoms with van der Waals surface area (Å²) < 4.78 is 51.2. The summed E-state index contributed by atoms with van der Waals surface area (Å²) in [7, 11) is -0.801. The molecule has 8 heteroatoms. The van der Waals surface area contributed by atoms with E-state index in [9.17, 15) is 17.4 Å². The van der Waals surface area contributed by atoms with Crippen LogP contribution in [-0.2, 0) is 17.3 Å². The van der Waals surface area contributed by atoms with E-state index < -0.39 is 17.2 Å². The lowest BCUT2D eigenvalue weighted by Gasteiger charge is -2.12. The Morgan fingerprint density at radius 2 is 2.10 bits per heavy atom. The van der Waals surface area contributed by atoms with Crippen LogP contribution >= 0.6 is 15.9 Å². The van der Waals surface area contributed by atoms with Crippen LogP contribution < -0.4 is 10.1 Å². The molecule has 20 heavy (non-hydrogen) atoms. The Hall–Kier alpha value is -0.600. The van der Waals surface area contributed by atoms with Gasteiger partial charge in [0.2, 0.25) is 0 Å². The molecule has 0 spiro atoms. The number of halogens is 4. The van der Waals surface area contributed by atoms with Crippen LogP contribution in [0.15, 0.2) is 22.7 Å². The van der Waals surface area contributed by atoms with E-state index in [2.05, 4.69) is 26.0 Å². The van der Waals surface area contributed by atoms with Gasteiger partial charge in [-0.05, 0) is 46.6 Å². The largest absolute Gasteiger partial charge is 0.573 e. The van der Waals surface area contributed by atoms with E-state index in [4.69, 9.17) is 0 Å². The third-order valence-corrected chi connectivity index (χ3v) is 3.82. The first-order chi connectivity index (χ1) is 9.28. The maximum atomic E-state index is 12.1. The molecule has 0 aliphatic carbocycles. The SMILES string of the molecule is CS(=O)CCCNCc1ccc(OC(F)(F)F)c(Br)c1. The van der Waals surface area contributed by atoms with Crippen LogP contribution in [0.1, 0.15) is 12.0 Å². The lowest BCUT2D eigenvalue weighted by atomic mass is 10.2. The molecule has 0 amide bonds. The molecule has 0 saturated heterocycles. The fourth-order valence-corrected chi connectivity index (χ4v) is 2.55. The van der Waals surface area contributed by atoms with E-state index in [0.717, 1.165) is 12.0 Å². The number of ether oxygens (including phenoxy) is 1. The highest BCUT2D eigenvalue weighted by Gasteiger charge is 2.31. The normalized spacial score (nSPS) is 13.2. The number of nitrogens with one attached hydrogen (secondary N) is 1. The van der Waals surface area contributed by atoms with Crippen LogP contribution in [0.3, 0.4) is 0 Å². The van der Waals surface area contributed by atoms with Gasteiger partial charge in [0.15, 0.2) is 0 Å². The summed E-state index contributed by atoms with van der Waals surface area (Å²) in [5, 5.41) is 3.13. The molecule has 1 atom stereocenters. The monoisotopic (exact) mass is 373 g/mol. The Kier molecular flexibility index (Phi) is 6.97. The molecule has 0 aliphatic rings. The standard InChI is InChI=1S/C12H15BrF3NO2S/c1-20(18)6-2-5-17-8-9-3-4-11(10(13)7-9)19-12(14,15)16/h3-4,7,17H,2,5-6,8H2,1H3. The molecule has 0 radical (unpaired) electrons. The molecule has 114 valence electrons. The van der Waals surface area contributed by atoms with Crippen LogP contribution in [-0.4, -0.2) is 29.1 Å². The van der Waals surface area contributed by atoms with Gasteiger partial charge in [0, 0.05) is 29.4 Å². The van der Waals surface area contributed by atoms with Crippen LogP contribution in [0.4, 0.5) is 13.2 Å². The summed E-state index contributed by atoms with van der Waals surface area (Å²) in [6, 6.07) is 4.42. The van der Waals surface area contributed by atoms with Crippen molar-refractivity contribution in [1.82, 2.24) is 5.32 Å². The van der Waals surface area contributed by atoms with Crippen molar-refractivity contribution in [2.45, 2.75) is 19.3 Å². The minimum atomic E-state index is -4.70. The van der Waals surface area contributed by atoms with Gasteiger partial charge >= 0.3 is 6.36 Å². The van der Waals surface area contributed by atoms with Crippen LogP contribution in [0.5, 0.6) is 5.75 Å². The van der Waals surface area contributed by atoms with Crippen LogP contribution in [0.25, 0.3) is 0 Å². The summed E-state index contributed by atoms with van der Waals surface area (Å²) in [6.07, 6.45) is -2.26. The first-order valence-electron chi connectivity index (χ1n) is 5.83. The molecule has 1 unspecified atom stereocenters. The van der Waals surface area contributed by atoms with Gasteiger partial charge in [-0.3, -0.25) is 4.21 Å². The Balaban J connectivity index is 2.45. The Bertz CT molecular complexity index is 469. The van der Waals surface area contributed by atoms with E-state index in [1.807, 2.05) is 0 Å². The van der Waals surface area contributed by atoms with Crippen LogP contribution in [0, 0.1) is 0 Å². The average Bonchev–Trinajstić information content (AvgIpc) is 2.30. The Labute approximate surface area is 126 Å². The second kappa shape index (κ2) is 7.99. The average molecular weight is 374 g/mol. The van der Waals surface area contributed by atoms with Crippen molar-refractivity contribution in [1.29, 1.82) is 0 Å². The van der Waals surface area contributed by atoms with Gasteiger partial charge in [-0.25, -0.2) is 0 Å². The minimum absolute atomic E-state index is 0.254. The highest BCUT2D eigenvalue weighted by molar-refractivity contribution is 9.10. The fraction of sp³-hybridized carbons (Fsp3) is 0.500.